The van der Waals surface area contributed by atoms with Gasteiger partial charge in [-0.05, 0) is 37.5 Å². The van der Waals surface area contributed by atoms with Crippen LogP contribution in [0.2, 0.25) is 0 Å². The quantitative estimate of drug-likeness (QED) is 0.600. The topological polar surface area (TPSA) is 111 Å². The SMILES string of the molecule is Cc1cc(NC(=O)[C@H](C)SCC(=O)OCC(=O)Nc2ccc(C(C)C)cc2)no1. The summed E-state index contributed by atoms with van der Waals surface area (Å²) >= 11 is 1.10. The van der Waals surface area contributed by atoms with Gasteiger partial charge in [0.15, 0.2) is 12.4 Å². The molecule has 2 N–H and O–H groups in total. The third-order valence-electron chi connectivity index (χ3n) is 3.93. The largest absolute Gasteiger partial charge is 0.455 e. The van der Waals surface area contributed by atoms with Gasteiger partial charge in [-0.2, -0.15) is 0 Å². The summed E-state index contributed by atoms with van der Waals surface area (Å²) in [5.74, 6) is -0.0477. The van der Waals surface area contributed by atoms with Crippen LogP contribution in [0.15, 0.2) is 34.9 Å². The zero-order valence-electron chi connectivity index (χ0n) is 16.9. The molecule has 2 aromatic rings. The Kier molecular flexibility index (Phi) is 8.26. The molecule has 0 radical (unpaired) electrons. The number of benzene rings is 1. The zero-order chi connectivity index (χ0) is 21.4. The first-order valence-corrected chi connectivity index (χ1v) is 10.2. The lowest BCUT2D eigenvalue weighted by atomic mass is 10.0. The third-order valence-corrected chi connectivity index (χ3v) is 5.04. The third kappa shape index (κ3) is 7.61. The summed E-state index contributed by atoms with van der Waals surface area (Å²) in [5.41, 5.74) is 1.81. The van der Waals surface area contributed by atoms with Gasteiger partial charge < -0.3 is 19.9 Å². The molecule has 0 aliphatic carbocycles. The highest BCUT2D eigenvalue weighted by Crippen LogP contribution is 2.17. The first kappa shape index (κ1) is 22.5. The van der Waals surface area contributed by atoms with Crippen LogP contribution >= 0.6 is 11.8 Å². The Morgan fingerprint density at radius 1 is 1.14 bits per heavy atom. The summed E-state index contributed by atoms with van der Waals surface area (Å²) in [6.45, 7) is 7.17. The van der Waals surface area contributed by atoms with Crippen molar-refractivity contribution < 1.29 is 23.6 Å². The number of ether oxygens (including phenoxy) is 1. The summed E-state index contributed by atoms with van der Waals surface area (Å²) < 4.78 is 9.83. The number of hydrogen-bond acceptors (Lipinski definition) is 7. The number of amides is 2. The van der Waals surface area contributed by atoms with Crippen molar-refractivity contribution in [2.45, 2.75) is 38.9 Å². The molecule has 1 aromatic heterocycles. The van der Waals surface area contributed by atoms with Crippen LogP contribution in [0, 0.1) is 6.92 Å². The fraction of sp³-hybridized carbons (Fsp3) is 0.400. The minimum atomic E-state index is -0.572. The number of rotatable bonds is 9. The number of carbonyl (C=O) groups excluding carboxylic acids is 3. The molecule has 9 heteroatoms. The molecule has 2 amide bonds. The van der Waals surface area contributed by atoms with Gasteiger partial charge in [0.1, 0.15) is 5.76 Å². The number of thioether (sulfide) groups is 1. The molecular formula is C20H25N3O5S. The van der Waals surface area contributed by atoms with Crippen molar-refractivity contribution in [2.75, 3.05) is 23.0 Å². The van der Waals surface area contributed by atoms with E-state index in [0.717, 1.165) is 11.8 Å². The van der Waals surface area contributed by atoms with Crippen LogP contribution < -0.4 is 10.6 Å². The van der Waals surface area contributed by atoms with Crippen LogP contribution in [0.25, 0.3) is 0 Å². The minimum absolute atomic E-state index is 0.0528. The molecule has 0 bridgehead atoms. The molecule has 0 aliphatic heterocycles. The maximum absolute atomic E-state index is 12.0. The fourth-order valence-corrected chi connectivity index (χ4v) is 2.94. The van der Waals surface area contributed by atoms with Crippen molar-refractivity contribution in [3.8, 4) is 0 Å². The number of hydrogen-bond donors (Lipinski definition) is 2. The number of anilines is 2. The number of nitrogens with one attached hydrogen (secondary N) is 2. The average molecular weight is 420 g/mol. The molecule has 0 fully saturated rings. The van der Waals surface area contributed by atoms with Crippen molar-refractivity contribution >= 4 is 41.1 Å². The van der Waals surface area contributed by atoms with Gasteiger partial charge in [0.2, 0.25) is 5.91 Å². The molecule has 0 aliphatic rings. The first-order valence-electron chi connectivity index (χ1n) is 9.16. The van der Waals surface area contributed by atoms with Gasteiger partial charge in [0.05, 0.1) is 11.0 Å². The van der Waals surface area contributed by atoms with Gasteiger partial charge in [-0.3, -0.25) is 14.4 Å². The number of aromatic nitrogens is 1. The van der Waals surface area contributed by atoms with Gasteiger partial charge in [-0.1, -0.05) is 31.1 Å². The predicted molar refractivity (Wildman–Crippen MR) is 112 cm³/mol. The maximum Gasteiger partial charge on any atom is 0.316 e. The van der Waals surface area contributed by atoms with Crippen molar-refractivity contribution in [1.29, 1.82) is 0 Å². The van der Waals surface area contributed by atoms with Gasteiger partial charge >= 0.3 is 5.97 Å². The Hall–Kier alpha value is -2.81. The maximum atomic E-state index is 12.0. The molecule has 0 saturated carbocycles. The Labute approximate surface area is 173 Å². The monoisotopic (exact) mass is 419 g/mol. The van der Waals surface area contributed by atoms with Gasteiger partial charge in [-0.15, -0.1) is 11.8 Å². The number of esters is 1. The predicted octanol–water partition coefficient (Wildman–Crippen LogP) is 3.35. The van der Waals surface area contributed by atoms with E-state index in [9.17, 15) is 14.4 Å². The van der Waals surface area contributed by atoms with Crippen LogP contribution in [0.5, 0.6) is 0 Å². The minimum Gasteiger partial charge on any atom is -0.455 e. The fourth-order valence-electron chi connectivity index (χ4n) is 2.26. The van der Waals surface area contributed by atoms with Crippen LogP contribution in [-0.4, -0.2) is 40.6 Å². The zero-order valence-corrected chi connectivity index (χ0v) is 17.7. The smallest absolute Gasteiger partial charge is 0.316 e. The lowest BCUT2D eigenvalue weighted by Gasteiger charge is -2.11. The molecular weight excluding hydrogens is 394 g/mol. The molecule has 1 atom stereocenters. The lowest BCUT2D eigenvalue weighted by molar-refractivity contribution is -0.144. The van der Waals surface area contributed by atoms with Crippen LogP contribution in [0.1, 0.15) is 38.0 Å². The Bertz CT molecular complexity index is 848. The van der Waals surface area contributed by atoms with E-state index in [4.69, 9.17) is 9.26 Å². The van der Waals surface area contributed by atoms with Crippen molar-refractivity contribution in [3.05, 3.63) is 41.7 Å². The Balaban J connectivity index is 1.67. The van der Waals surface area contributed by atoms with Gasteiger partial charge in [0.25, 0.3) is 5.91 Å². The van der Waals surface area contributed by atoms with E-state index in [1.807, 2.05) is 24.3 Å². The van der Waals surface area contributed by atoms with E-state index in [1.165, 1.54) is 5.56 Å². The summed E-state index contributed by atoms with van der Waals surface area (Å²) in [6.07, 6.45) is 0. The highest BCUT2D eigenvalue weighted by atomic mass is 32.2. The number of aryl methyl sites for hydroxylation is 1. The standard InChI is InChI=1S/C20H25N3O5S/c1-12(2)15-5-7-16(8-6-15)21-18(24)10-27-19(25)11-29-14(4)20(26)22-17-9-13(3)28-23-17/h5-9,12,14H,10-11H2,1-4H3,(H,21,24)(H,22,23,26)/t14-/m0/s1. The highest BCUT2D eigenvalue weighted by Gasteiger charge is 2.18. The van der Waals surface area contributed by atoms with Crippen molar-refractivity contribution in [2.24, 2.45) is 0 Å². The summed E-state index contributed by atoms with van der Waals surface area (Å²) in [5, 5.41) is 8.44. The van der Waals surface area contributed by atoms with E-state index < -0.39 is 17.1 Å². The molecule has 156 valence electrons. The van der Waals surface area contributed by atoms with E-state index in [2.05, 4.69) is 29.6 Å². The highest BCUT2D eigenvalue weighted by molar-refractivity contribution is 8.01. The average Bonchev–Trinajstić information content (AvgIpc) is 3.09. The summed E-state index contributed by atoms with van der Waals surface area (Å²) in [7, 11) is 0. The van der Waals surface area contributed by atoms with E-state index in [1.54, 1.807) is 19.9 Å². The Morgan fingerprint density at radius 3 is 2.41 bits per heavy atom. The normalized spacial score (nSPS) is 11.8. The van der Waals surface area contributed by atoms with Crippen LogP contribution in [-0.2, 0) is 19.1 Å². The number of carbonyl (C=O) groups is 3. The lowest BCUT2D eigenvalue weighted by Crippen LogP contribution is -2.25. The molecule has 1 aromatic carbocycles. The molecule has 0 saturated heterocycles. The first-order chi connectivity index (χ1) is 13.7. The molecule has 0 unspecified atom stereocenters. The second-order valence-electron chi connectivity index (χ2n) is 6.75. The summed E-state index contributed by atoms with van der Waals surface area (Å²) in [6, 6.07) is 9.09. The van der Waals surface area contributed by atoms with Gasteiger partial charge in [-0.25, -0.2) is 0 Å². The second kappa shape index (κ2) is 10.7. The molecule has 1 heterocycles. The van der Waals surface area contributed by atoms with Gasteiger partial charge in [0, 0.05) is 11.8 Å². The number of nitrogens with zero attached hydrogens (tertiary/aromatic N) is 1. The molecule has 29 heavy (non-hydrogen) atoms. The van der Waals surface area contributed by atoms with E-state index in [-0.39, 0.29) is 18.3 Å². The van der Waals surface area contributed by atoms with Crippen molar-refractivity contribution in [1.82, 2.24) is 5.16 Å². The molecule has 0 spiro atoms. The van der Waals surface area contributed by atoms with Crippen LogP contribution in [0.3, 0.4) is 0 Å². The molecule has 8 nitrogen and oxygen atoms in total. The molecule has 2 rings (SSSR count). The summed E-state index contributed by atoms with van der Waals surface area (Å²) in [4.78, 5) is 35.8. The van der Waals surface area contributed by atoms with E-state index >= 15 is 0 Å². The van der Waals surface area contributed by atoms with Crippen LogP contribution in [0.4, 0.5) is 11.5 Å². The van der Waals surface area contributed by atoms with E-state index in [0.29, 0.717) is 23.2 Å². The second-order valence-corrected chi connectivity index (χ2v) is 8.08. The Morgan fingerprint density at radius 2 is 1.83 bits per heavy atom. The van der Waals surface area contributed by atoms with Crippen molar-refractivity contribution in [3.63, 3.8) is 0 Å².